The largest absolute Gasteiger partial charge is 0.378 e. The maximum Gasteiger partial charge on any atom is 0.272 e. The molecule has 1 saturated heterocycles. The smallest absolute Gasteiger partial charge is 0.272 e. The summed E-state index contributed by atoms with van der Waals surface area (Å²) < 4.78 is 5.19. The lowest BCUT2D eigenvalue weighted by Crippen LogP contribution is -2.41. The molecule has 1 aromatic rings. The summed E-state index contributed by atoms with van der Waals surface area (Å²) in [5, 5.41) is 0. The van der Waals surface area contributed by atoms with Crippen LogP contribution in [-0.4, -0.2) is 42.1 Å². The van der Waals surface area contributed by atoms with E-state index in [1.54, 1.807) is 17.2 Å². The van der Waals surface area contributed by atoms with Crippen LogP contribution in [0.4, 0.5) is 0 Å². The number of rotatable bonds is 1. The first-order valence-corrected chi connectivity index (χ1v) is 6.07. The summed E-state index contributed by atoms with van der Waals surface area (Å²) in [5.41, 5.74) is 1.58. The molecular formula is C13H20N2O2. The Morgan fingerprint density at radius 1 is 1.29 bits per heavy atom. The average Bonchev–Trinajstić information content (AvgIpc) is 2.42. The summed E-state index contributed by atoms with van der Waals surface area (Å²) in [6.45, 7) is 8.52. The van der Waals surface area contributed by atoms with Crippen LogP contribution < -0.4 is 0 Å². The second-order valence-electron chi connectivity index (χ2n) is 3.63. The van der Waals surface area contributed by atoms with E-state index in [2.05, 4.69) is 4.98 Å². The first-order chi connectivity index (χ1) is 8.27. The summed E-state index contributed by atoms with van der Waals surface area (Å²) in [4.78, 5) is 17.8. The van der Waals surface area contributed by atoms with Crippen LogP contribution in [0.25, 0.3) is 0 Å². The zero-order valence-corrected chi connectivity index (χ0v) is 10.8. The van der Waals surface area contributed by atoms with Gasteiger partial charge in [-0.2, -0.15) is 0 Å². The number of ether oxygens (including phenoxy) is 1. The Balaban J connectivity index is 0.000000686. The van der Waals surface area contributed by atoms with Gasteiger partial charge in [-0.1, -0.05) is 19.9 Å². The number of carbonyl (C=O) groups excluding carboxylic acids is 1. The Morgan fingerprint density at radius 3 is 2.47 bits per heavy atom. The molecule has 0 unspecified atom stereocenters. The normalized spacial score (nSPS) is 14.9. The van der Waals surface area contributed by atoms with E-state index < -0.39 is 0 Å². The van der Waals surface area contributed by atoms with Crippen molar-refractivity contribution in [2.75, 3.05) is 26.3 Å². The van der Waals surface area contributed by atoms with E-state index in [1.165, 1.54) is 0 Å². The monoisotopic (exact) mass is 236 g/mol. The van der Waals surface area contributed by atoms with Crippen molar-refractivity contribution >= 4 is 5.91 Å². The highest BCUT2D eigenvalue weighted by Crippen LogP contribution is 2.05. The van der Waals surface area contributed by atoms with E-state index in [0.717, 1.165) is 5.56 Å². The number of amides is 1. The molecule has 4 nitrogen and oxygen atoms in total. The lowest BCUT2D eigenvalue weighted by Gasteiger charge is -2.26. The van der Waals surface area contributed by atoms with Crippen molar-refractivity contribution in [2.45, 2.75) is 20.8 Å². The summed E-state index contributed by atoms with van der Waals surface area (Å²) >= 11 is 0. The average molecular weight is 236 g/mol. The van der Waals surface area contributed by atoms with E-state index in [1.807, 2.05) is 26.8 Å². The molecule has 0 atom stereocenters. The molecule has 1 fully saturated rings. The molecule has 0 saturated carbocycles. The van der Waals surface area contributed by atoms with Gasteiger partial charge in [0.05, 0.1) is 13.2 Å². The summed E-state index contributed by atoms with van der Waals surface area (Å²) in [7, 11) is 0. The number of carbonyl (C=O) groups is 1. The van der Waals surface area contributed by atoms with Crippen molar-refractivity contribution < 1.29 is 9.53 Å². The molecule has 94 valence electrons. The van der Waals surface area contributed by atoms with Gasteiger partial charge in [0, 0.05) is 19.3 Å². The molecule has 1 aliphatic heterocycles. The molecule has 0 aromatic carbocycles. The Kier molecular flexibility index (Phi) is 5.63. The third-order valence-electron chi connectivity index (χ3n) is 2.43. The number of nitrogens with zero attached hydrogens (tertiary/aromatic N) is 2. The number of hydrogen-bond acceptors (Lipinski definition) is 3. The van der Waals surface area contributed by atoms with Gasteiger partial charge in [-0.3, -0.25) is 9.78 Å². The van der Waals surface area contributed by atoms with Crippen LogP contribution in [0.2, 0.25) is 0 Å². The van der Waals surface area contributed by atoms with Crippen LogP contribution in [0.5, 0.6) is 0 Å². The summed E-state index contributed by atoms with van der Waals surface area (Å²) in [6.07, 6.45) is 1.72. The lowest BCUT2D eigenvalue weighted by atomic mass is 10.2. The number of aryl methyl sites for hydroxylation is 1. The Labute approximate surface area is 103 Å². The molecule has 17 heavy (non-hydrogen) atoms. The Bertz CT molecular complexity index is 343. The minimum Gasteiger partial charge on any atom is -0.378 e. The Morgan fingerprint density at radius 2 is 1.94 bits per heavy atom. The minimum absolute atomic E-state index is 0.00157. The highest BCUT2D eigenvalue weighted by atomic mass is 16.5. The van der Waals surface area contributed by atoms with Gasteiger partial charge < -0.3 is 9.64 Å². The number of hydrogen-bond donors (Lipinski definition) is 0. The third-order valence-corrected chi connectivity index (χ3v) is 2.43. The first-order valence-electron chi connectivity index (χ1n) is 6.07. The van der Waals surface area contributed by atoms with E-state index in [4.69, 9.17) is 4.74 Å². The second-order valence-corrected chi connectivity index (χ2v) is 3.63. The van der Waals surface area contributed by atoms with Gasteiger partial charge >= 0.3 is 0 Å². The molecule has 0 bridgehead atoms. The van der Waals surface area contributed by atoms with Crippen LogP contribution in [0.15, 0.2) is 18.3 Å². The number of morpholine rings is 1. The van der Waals surface area contributed by atoms with Crippen LogP contribution >= 0.6 is 0 Å². The SMILES string of the molecule is CC.Cc1ccc(C(=O)N2CCOCC2)nc1. The molecule has 0 radical (unpaired) electrons. The second kappa shape index (κ2) is 7.01. The molecule has 1 aliphatic rings. The van der Waals surface area contributed by atoms with Crippen LogP contribution in [0.3, 0.4) is 0 Å². The molecular weight excluding hydrogens is 216 g/mol. The van der Waals surface area contributed by atoms with Crippen LogP contribution in [0, 0.1) is 6.92 Å². The number of pyridine rings is 1. The van der Waals surface area contributed by atoms with Gasteiger partial charge in [-0.05, 0) is 18.6 Å². The zero-order chi connectivity index (χ0) is 12.7. The summed E-state index contributed by atoms with van der Waals surface area (Å²) in [6, 6.07) is 3.67. The fraction of sp³-hybridized carbons (Fsp3) is 0.538. The minimum atomic E-state index is -0.00157. The standard InChI is InChI=1S/C11H14N2O2.C2H6/c1-9-2-3-10(12-8-9)11(14)13-4-6-15-7-5-13;1-2/h2-3,8H,4-7H2,1H3;1-2H3. The molecule has 2 rings (SSSR count). The molecule has 1 amide bonds. The maximum atomic E-state index is 11.9. The fourth-order valence-corrected chi connectivity index (χ4v) is 1.52. The molecule has 1 aromatic heterocycles. The van der Waals surface area contributed by atoms with Crippen molar-refractivity contribution in [1.29, 1.82) is 0 Å². The molecule has 0 N–H and O–H groups in total. The van der Waals surface area contributed by atoms with E-state index in [9.17, 15) is 4.79 Å². The lowest BCUT2D eigenvalue weighted by molar-refractivity contribution is 0.0299. The zero-order valence-electron chi connectivity index (χ0n) is 10.8. The predicted octanol–water partition coefficient (Wildman–Crippen LogP) is 1.89. The quantitative estimate of drug-likeness (QED) is 0.747. The number of aromatic nitrogens is 1. The molecule has 2 heterocycles. The van der Waals surface area contributed by atoms with Crippen molar-refractivity contribution in [3.8, 4) is 0 Å². The van der Waals surface area contributed by atoms with Crippen molar-refractivity contribution in [2.24, 2.45) is 0 Å². The van der Waals surface area contributed by atoms with E-state index in [0.29, 0.717) is 32.0 Å². The van der Waals surface area contributed by atoms with Gasteiger partial charge in [0.1, 0.15) is 5.69 Å². The van der Waals surface area contributed by atoms with Gasteiger partial charge in [0.2, 0.25) is 0 Å². The van der Waals surface area contributed by atoms with Crippen molar-refractivity contribution in [3.05, 3.63) is 29.6 Å². The summed E-state index contributed by atoms with van der Waals surface area (Å²) in [5.74, 6) is -0.00157. The third kappa shape index (κ3) is 3.82. The van der Waals surface area contributed by atoms with E-state index >= 15 is 0 Å². The van der Waals surface area contributed by atoms with Crippen molar-refractivity contribution in [1.82, 2.24) is 9.88 Å². The highest BCUT2D eigenvalue weighted by Gasteiger charge is 2.18. The fourth-order valence-electron chi connectivity index (χ4n) is 1.52. The van der Waals surface area contributed by atoms with E-state index in [-0.39, 0.29) is 5.91 Å². The van der Waals surface area contributed by atoms with Crippen molar-refractivity contribution in [3.63, 3.8) is 0 Å². The van der Waals surface area contributed by atoms with Gasteiger partial charge in [0.15, 0.2) is 0 Å². The van der Waals surface area contributed by atoms with Crippen LogP contribution in [0.1, 0.15) is 29.9 Å². The van der Waals surface area contributed by atoms with Gasteiger partial charge in [-0.15, -0.1) is 0 Å². The molecule has 0 aliphatic carbocycles. The predicted molar refractivity (Wildman–Crippen MR) is 67.0 cm³/mol. The Hall–Kier alpha value is -1.42. The van der Waals surface area contributed by atoms with Gasteiger partial charge in [0.25, 0.3) is 5.91 Å². The molecule has 4 heteroatoms. The van der Waals surface area contributed by atoms with Crippen LogP contribution in [-0.2, 0) is 4.74 Å². The topological polar surface area (TPSA) is 42.4 Å². The first kappa shape index (κ1) is 13.6. The highest BCUT2D eigenvalue weighted by molar-refractivity contribution is 5.92. The van der Waals surface area contributed by atoms with Gasteiger partial charge in [-0.25, -0.2) is 0 Å². The maximum absolute atomic E-state index is 11.9. The molecule has 0 spiro atoms.